The van der Waals surface area contributed by atoms with Gasteiger partial charge in [0, 0.05) is 16.9 Å². The third kappa shape index (κ3) is 5.55. The summed E-state index contributed by atoms with van der Waals surface area (Å²) in [5.74, 6) is 0.189. The van der Waals surface area contributed by atoms with Gasteiger partial charge < -0.3 is 15.4 Å². The molecule has 0 aliphatic carbocycles. The molecule has 0 bridgehead atoms. The molecule has 34 heavy (non-hydrogen) atoms. The fourth-order valence-corrected chi connectivity index (χ4v) is 4.11. The molecule has 0 fully saturated rings. The fourth-order valence-electron chi connectivity index (χ4n) is 3.20. The molecule has 0 saturated heterocycles. The van der Waals surface area contributed by atoms with Gasteiger partial charge in [-0.2, -0.15) is 13.2 Å². The van der Waals surface area contributed by atoms with Crippen LogP contribution >= 0.6 is 11.3 Å². The number of rotatable bonds is 7. The average molecular weight is 484 g/mol. The Morgan fingerprint density at radius 2 is 1.71 bits per heavy atom. The molecule has 0 spiro atoms. The van der Waals surface area contributed by atoms with Crippen molar-refractivity contribution >= 4 is 33.8 Å². The predicted molar refractivity (Wildman–Crippen MR) is 128 cm³/mol. The zero-order chi connectivity index (χ0) is 24.1. The van der Waals surface area contributed by atoms with Crippen molar-refractivity contribution in [2.45, 2.75) is 13.1 Å². The molecule has 0 atom stereocenters. The number of hydrogen-bond acceptors (Lipinski definition) is 5. The second-order valence-electron chi connectivity index (χ2n) is 7.18. The molecule has 0 unspecified atom stereocenters. The minimum absolute atomic E-state index is 0.0493. The van der Waals surface area contributed by atoms with E-state index in [0.29, 0.717) is 23.0 Å². The van der Waals surface area contributed by atoms with E-state index in [1.807, 2.05) is 61.5 Å². The van der Waals surface area contributed by atoms with Crippen molar-refractivity contribution in [1.29, 1.82) is 0 Å². The Kier molecular flexibility index (Phi) is 6.83. The smallest absolute Gasteiger partial charge is 0.416 e. The number of hydrogen-bond donors (Lipinski definition) is 2. The van der Waals surface area contributed by atoms with Crippen molar-refractivity contribution in [3.05, 3.63) is 89.3 Å². The lowest BCUT2D eigenvalue weighted by atomic mass is 10.1. The predicted octanol–water partition coefficient (Wildman–Crippen LogP) is 7.22. The second-order valence-corrected chi connectivity index (χ2v) is 8.18. The molecule has 2 N–H and O–H groups in total. The number of nitrogens with one attached hydrogen (secondary N) is 2. The first-order valence-electron chi connectivity index (χ1n) is 10.4. The highest BCUT2D eigenvalue weighted by Crippen LogP contribution is 2.35. The van der Waals surface area contributed by atoms with Crippen LogP contribution in [0, 0.1) is 0 Å². The maximum Gasteiger partial charge on any atom is 0.416 e. The van der Waals surface area contributed by atoms with E-state index in [1.54, 1.807) is 0 Å². The molecule has 5 nitrogen and oxygen atoms in total. The summed E-state index contributed by atoms with van der Waals surface area (Å²) in [6.45, 7) is 2.46. The van der Waals surface area contributed by atoms with E-state index in [0.717, 1.165) is 34.9 Å². The summed E-state index contributed by atoms with van der Waals surface area (Å²) < 4.78 is 44.6. The number of benzene rings is 3. The van der Waals surface area contributed by atoms with Crippen LogP contribution in [0.15, 0.2) is 78.9 Å². The van der Waals surface area contributed by atoms with Crippen molar-refractivity contribution in [2.75, 3.05) is 17.2 Å². The molecule has 1 amide bonds. The van der Waals surface area contributed by atoms with Crippen molar-refractivity contribution in [3.8, 4) is 17.0 Å². The van der Waals surface area contributed by atoms with Crippen LogP contribution in [-0.2, 0) is 6.18 Å². The topological polar surface area (TPSA) is 63.2 Å². The molecule has 1 aromatic heterocycles. The fraction of sp³-hybridized carbons (Fsp3) is 0.120. The third-order valence-electron chi connectivity index (χ3n) is 4.74. The molecule has 4 rings (SSSR count). The standard InChI is InChI=1S/C25H20F3N3O2S/c1-2-33-20-13-11-18(12-14-20)30-24-31-21(16-7-4-3-5-8-16)22(34-24)23(32)29-19-10-6-9-17(15-19)25(26,27)28/h3-15H,2H2,1H3,(H,29,32)(H,30,31). The first-order chi connectivity index (χ1) is 16.3. The molecule has 0 aliphatic rings. The third-order valence-corrected chi connectivity index (χ3v) is 5.71. The molecule has 9 heteroatoms. The Labute approximate surface area is 198 Å². The van der Waals surface area contributed by atoms with Gasteiger partial charge in [0.1, 0.15) is 10.6 Å². The number of halogens is 3. The van der Waals surface area contributed by atoms with Gasteiger partial charge in [0.25, 0.3) is 5.91 Å². The van der Waals surface area contributed by atoms with Crippen LogP contribution in [0.3, 0.4) is 0 Å². The first-order valence-corrected chi connectivity index (χ1v) is 11.2. The number of carbonyl (C=O) groups excluding carboxylic acids is 1. The highest BCUT2D eigenvalue weighted by atomic mass is 32.1. The SMILES string of the molecule is CCOc1ccc(Nc2nc(-c3ccccc3)c(C(=O)Nc3cccc(C(F)(F)F)c3)s2)cc1. The molecular weight excluding hydrogens is 463 g/mol. The number of alkyl halides is 3. The largest absolute Gasteiger partial charge is 0.494 e. The van der Waals surface area contributed by atoms with E-state index in [1.165, 1.54) is 12.1 Å². The molecule has 174 valence electrons. The Morgan fingerprint density at radius 1 is 0.971 bits per heavy atom. The summed E-state index contributed by atoms with van der Waals surface area (Å²) in [6.07, 6.45) is -4.50. The number of carbonyl (C=O) groups is 1. The molecule has 0 radical (unpaired) electrons. The van der Waals surface area contributed by atoms with Gasteiger partial charge in [-0.15, -0.1) is 0 Å². The minimum Gasteiger partial charge on any atom is -0.494 e. The van der Waals surface area contributed by atoms with Crippen LogP contribution in [-0.4, -0.2) is 17.5 Å². The number of nitrogens with zero attached hydrogens (tertiary/aromatic N) is 1. The molecule has 1 heterocycles. The van der Waals surface area contributed by atoms with Crippen LogP contribution in [0.1, 0.15) is 22.2 Å². The number of aromatic nitrogens is 1. The Bertz CT molecular complexity index is 1270. The van der Waals surface area contributed by atoms with Crippen LogP contribution < -0.4 is 15.4 Å². The molecule has 3 aromatic carbocycles. The van der Waals surface area contributed by atoms with Gasteiger partial charge >= 0.3 is 6.18 Å². The van der Waals surface area contributed by atoms with Gasteiger partial charge in [-0.05, 0) is 49.4 Å². The molecular formula is C25H20F3N3O2S. The van der Waals surface area contributed by atoms with E-state index in [4.69, 9.17) is 4.74 Å². The van der Waals surface area contributed by atoms with E-state index in [9.17, 15) is 18.0 Å². The zero-order valence-electron chi connectivity index (χ0n) is 18.0. The number of anilines is 3. The lowest BCUT2D eigenvalue weighted by molar-refractivity contribution is -0.137. The summed E-state index contributed by atoms with van der Waals surface area (Å²) in [7, 11) is 0. The zero-order valence-corrected chi connectivity index (χ0v) is 18.8. The summed E-state index contributed by atoms with van der Waals surface area (Å²) in [6, 6.07) is 20.9. The van der Waals surface area contributed by atoms with Crippen molar-refractivity contribution in [2.24, 2.45) is 0 Å². The summed E-state index contributed by atoms with van der Waals surface area (Å²) >= 11 is 1.11. The van der Waals surface area contributed by atoms with Gasteiger partial charge in [0.05, 0.1) is 17.9 Å². The Hall–Kier alpha value is -3.85. The number of thiazole rings is 1. The summed E-state index contributed by atoms with van der Waals surface area (Å²) in [5, 5.41) is 6.21. The van der Waals surface area contributed by atoms with E-state index in [-0.39, 0.29) is 10.6 Å². The normalized spacial score (nSPS) is 11.2. The van der Waals surface area contributed by atoms with Gasteiger partial charge in [-0.1, -0.05) is 47.7 Å². The highest BCUT2D eigenvalue weighted by molar-refractivity contribution is 7.18. The van der Waals surface area contributed by atoms with E-state index >= 15 is 0 Å². The highest BCUT2D eigenvalue weighted by Gasteiger charge is 2.30. The summed E-state index contributed by atoms with van der Waals surface area (Å²) in [4.78, 5) is 17.9. The molecule has 0 saturated carbocycles. The molecule has 0 aliphatic heterocycles. The monoisotopic (exact) mass is 483 g/mol. The van der Waals surface area contributed by atoms with Crippen molar-refractivity contribution < 1.29 is 22.7 Å². The van der Waals surface area contributed by atoms with Gasteiger partial charge in [0.2, 0.25) is 0 Å². The quantitative estimate of drug-likeness (QED) is 0.291. The second kappa shape index (κ2) is 9.96. The van der Waals surface area contributed by atoms with Crippen LogP contribution in [0.2, 0.25) is 0 Å². The lowest BCUT2D eigenvalue weighted by Gasteiger charge is -2.10. The molecule has 4 aromatic rings. The van der Waals surface area contributed by atoms with Crippen LogP contribution in [0.5, 0.6) is 5.75 Å². The summed E-state index contributed by atoms with van der Waals surface area (Å²) in [5.41, 5.74) is 1.11. The van der Waals surface area contributed by atoms with Crippen LogP contribution in [0.4, 0.5) is 29.7 Å². The van der Waals surface area contributed by atoms with Gasteiger partial charge in [-0.25, -0.2) is 4.98 Å². The maximum absolute atomic E-state index is 13.1. The Balaban J connectivity index is 1.63. The van der Waals surface area contributed by atoms with Gasteiger partial charge in [0.15, 0.2) is 5.13 Å². The van der Waals surface area contributed by atoms with E-state index in [2.05, 4.69) is 15.6 Å². The number of amides is 1. The lowest BCUT2D eigenvalue weighted by Crippen LogP contribution is -2.13. The van der Waals surface area contributed by atoms with Gasteiger partial charge in [-0.3, -0.25) is 4.79 Å². The maximum atomic E-state index is 13.1. The average Bonchev–Trinajstić information content (AvgIpc) is 3.25. The van der Waals surface area contributed by atoms with E-state index < -0.39 is 17.6 Å². The Morgan fingerprint density at radius 3 is 2.38 bits per heavy atom. The minimum atomic E-state index is -4.50. The first kappa shape index (κ1) is 23.3. The van der Waals surface area contributed by atoms with Crippen LogP contribution in [0.25, 0.3) is 11.3 Å². The van der Waals surface area contributed by atoms with Crippen molar-refractivity contribution in [1.82, 2.24) is 4.98 Å². The number of ether oxygens (including phenoxy) is 1. The van der Waals surface area contributed by atoms with Crippen molar-refractivity contribution in [3.63, 3.8) is 0 Å².